The van der Waals surface area contributed by atoms with Crippen molar-refractivity contribution >= 4 is 16.1 Å². The number of hydrogen-bond acceptors (Lipinski definition) is 5. The Bertz CT molecular complexity index is 743. The lowest BCUT2D eigenvalue weighted by Gasteiger charge is -2.19. The van der Waals surface area contributed by atoms with Gasteiger partial charge in [-0.2, -0.15) is 13.2 Å². The van der Waals surface area contributed by atoms with Crippen molar-refractivity contribution in [2.24, 2.45) is 0 Å². The molecule has 0 aliphatic rings. The minimum atomic E-state index is -4.79. The lowest BCUT2D eigenvalue weighted by atomic mass is 10.2. The number of hydrogen-bond donors (Lipinski definition) is 3. The number of carbonyl (C=O) groups is 1. The number of ether oxygens (including phenoxy) is 1. The second-order valence-corrected chi connectivity index (χ2v) is 8.16. The number of benzene rings is 1. The van der Waals surface area contributed by atoms with Gasteiger partial charge in [-0.15, -0.1) is 0 Å². The largest absolute Gasteiger partial charge is 0.508 e. The van der Waals surface area contributed by atoms with Gasteiger partial charge in [0.2, 0.25) is 10.0 Å². The molecule has 0 saturated heterocycles. The SMILES string of the molecule is CC(C)(C)OC(=O)NCCCNS(=O)(=O)c1cc(O)cc(C(F)(F)F)c1. The summed E-state index contributed by atoms with van der Waals surface area (Å²) in [6.07, 6.45) is -5.27. The van der Waals surface area contributed by atoms with Crippen molar-refractivity contribution in [1.29, 1.82) is 0 Å². The minimum absolute atomic E-state index is 0.102. The fourth-order valence-electron chi connectivity index (χ4n) is 1.79. The highest BCUT2D eigenvalue weighted by molar-refractivity contribution is 7.89. The van der Waals surface area contributed by atoms with E-state index in [9.17, 15) is 31.5 Å². The van der Waals surface area contributed by atoms with Crippen molar-refractivity contribution in [2.75, 3.05) is 13.1 Å². The first kappa shape index (κ1) is 22.0. The normalized spacial score (nSPS) is 12.7. The molecule has 11 heteroatoms. The number of alkyl halides is 3. The maximum Gasteiger partial charge on any atom is 0.416 e. The molecule has 0 aliphatic heterocycles. The molecule has 1 rings (SSSR count). The van der Waals surface area contributed by atoms with Gasteiger partial charge in [-0.25, -0.2) is 17.9 Å². The van der Waals surface area contributed by atoms with Gasteiger partial charge in [0.05, 0.1) is 10.5 Å². The summed E-state index contributed by atoms with van der Waals surface area (Å²) >= 11 is 0. The summed E-state index contributed by atoms with van der Waals surface area (Å²) in [6.45, 7) is 5.03. The van der Waals surface area contributed by atoms with Crippen LogP contribution >= 0.6 is 0 Å². The molecule has 0 saturated carbocycles. The number of halogens is 3. The van der Waals surface area contributed by atoms with E-state index < -0.39 is 44.1 Å². The highest BCUT2D eigenvalue weighted by Gasteiger charge is 2.32. The Kier molecular flexibility index (Phi) is 6.88. The van der Waals surface area contributed by atoms with E-state index in [-0.39, 0.29) is 19.5 Å². The van der Waals surface area contributed by atoms with Crippen LogP contribution in [0.4, 0.5) is 18.0 Å². The van der Waals surface area contributed by atoms with Crippen molar-refractivity contribution in [3.8, 4) is 5.75 Å². The van der Waals surface area contributed by atoms with Gasteiger partial charge in [-0.3, -0.25) is 0 Å². The van der Waals surface area contributed by atoms with E-state index >= 15 is 0 Å². The molecule has 0 aliphatic carbocycles. The quantitative estimate of drug-likeness (QED) is 0.639. The van der Waals surface area contributed by atoms with Crippen LogP contribution in [0.15, 0.2) is 23.1 Å². The van der Waals surface area contributed by atoms with Crippen LogP contribution in [-0.4, -0.2) is 38.3 Å². The van der Waals surface area contributed by atoms with Crippen LogP contribution in [0.5, 0.6) is 5.75 Å². The number of alkyl carbamates (subject to hydrolysis) is 1. The van der Waals surface area contributed by atoms with Crippen molar-refractivity contribution in [3.63, 3.8) is 0 Å². The van der Waals surface area contributed by atoms with Crippen molar-refractivity contribution in [2.45, 2.75) is 43.9 Å². The molecule has 0 atom stereocenters. The van der Waals surface area contributed by atoms with Crippen LogP contribution in [-0.2, 0) is 20.9 Å². The monoisotopic (exact) mass is 398 g/mol. The van der Waals surface area contributed by atoms with Crippen molar-refractivity contribution in [3.05, 3.63) is 23.8 Å². The second-order valence-electron chi connectivity index (χ2n) is 6.39. The number of amides is 1. The van der Waals surface area contributed by atoms with Crippen LogP contribution in [0.2, 0.25) is 0 Å². The first-order valence-electron chi connectivity index (χ1n) is 7.58. The van der Waals surface area contributed by atoms with Gasteiger partial charge in [-0.05, 0) is 45.4 Å². The second kappa shape index (κ2) is 8.12. The molecule has 0 unspecified atom stereocenters. The molecule has 0 aromatic heterocycles. The summed E-state index contributed by atoms with van der Waals surface area (Å²) in [7, 11) is -4.25. The number of rotatable bonds is 6. The molecule has 1 amide bonds. The van der Waals surface area contributed by atoms with Crippen molar-refractivity contribution < 1.29 is 36.2 Å². The number of phenolic OH excluding ortho intramolecular Hbond substituents is 1. The fraction of sp³-hybridized carbons (Fsp3) is 0.533. The third-order valence-electron chi connectivity index (χ3n) is 2.84. The highest BCUT2D eigenvalue weighted by Crippen LogP contribution is 2.33. The molecule has 0 heterocycles. The zero-order valence-corrected chi connectivity index (χ0v) is 15.3. The number of phenols is 1. The predicted octanol–water partition coefficient (Wildman–Crippen LogP) is 2.60. The molecule has 3 N–H and O–H groups in total. The molecule has 0 radical (unpaired) electrons. The predicted molar refractivity (Wildman–Crippen MR) is 87.2 cm³/mol. The topological polar surface area (TPSA) is 105 Å². The summed E-state index contributed by atoms with van der Waals surface area (Å²) in [4.78, 5) is 10.7. The zero-order chi connectivity index (χ0) is 20.2. The first-order chi connectivity index (χ1) is 11.7. The van der Waals surface area contributed by atoms with Gasteiger partial charge in [-0.1, -0.05) is 0 Å². The highest BCUT2D eigenvalue weighted by atomic mass is 32.2. The third-order valence-corrected chi connectivity index (χ3v) is 4.28. The number of nitrogens with one attached hydrogen (secondary N) is 2. The Balaban J connectivity index is 2.60. The van der Waals surface area contributed by atoms with E-state index in [0.29, 0.717) is 12.1 Å². The lowest BCUT2D eigenvalue weighted by molar-refractivity contribution is -0.137. The maximum atomic E-state index is 12.7. The molecular weight excluding hydrogens is 377 g/mol. The van der Waals surface area contributed by atoms with Crippen molar-refractivity contribution in [1.82, 2.24) is 10.0 Å². The average molecular weight is 398 g/mol. The number of carbonyl (C=O) groups excluding carboxylic acids is 1. The Morgan fingerprint density at radius 2 is 1.77 bits per heavy atom. The molecule has 1 aromatic rings. The lowest BCUT2D eigenvalue weighted by Crippen LogP contribution is -2.34. The standard InChI is InChI=1S/C15H21F3N2O5S/c1-14(2,3)25-13(22)19-5-4-6-20-26(23,24)12-8-10(15(16,17)18)7-11(21)9-12/h7-9,20-21H,4-6H2,1-3H3,(H,19,22). The molecule has 0 spiro atoms. The Hall–Kier alpha value is -2.01. The molecule has 0 fully saturated rings. The van der Waals surface area contributed by atoms with Crippen LogP contribution in [0.3, 0.4) is 0 Å². The zero-order valence-electron chi connectivity index (χ0n) is 14.5. The van der Waals surface area contributed by atoms with Gasteiger partial charge < -0.3 is 15.2 Å². The molecular formula is C15H21F3N2O5S. The summed E-state index contributed by atoms with van der Waals surface area (Å²) in [5, 5.41) is 11.7. The summed E-state index contributed by atoms with van der Waals surface area (Å²) < 4.78 is 69.3. The van der Waals surface area contributed by atoms with Crippen LogP contribution in [0.25, 0.3) is 0 Å². The van der Waals surface area contributed by atoms with E-state index in [0.717, 1.165) is 6.07 Å². The molecule has 148 valence electrons. The smallest absolute Gasteiger partial charge is 0.416 e. The Morgan fingerprint density at radius 3 is 2.31 bits per heavy atom. The molecule has 7 nitrogen and oxygen atoms in total. The van der Waals surface area contributed by atoms with E-state index in [1.807, 2.05) is 0 Å². The van der Waals surface area contributed by atoms with Gasteiger partial charge in [0, 0.05) is 13.1 Å². The fourth-order valence-corrected chi connectivity index (χ4v) is 2.92. The minimum Gasteiger partial charge on any atom is -0.508 e. The number of sulfonamides is 1. The van der Waals surface area contributed by atoms with Crippen LogP contribution in [0.1, 0.15) is 32.8 Å². The number of aromatic hydroxyl groups is 1. The Morgan fingerprint density at radius 1 is 1.15 bits per heavy atom. The molecule has 0 bridgehead atoms. The average Bonchev–Trinajstić information content (AvgIpc) is 2.43. The van der Waals surface area contributed by atoms with E-state index in [1.165, 1.54) is 0 Å². The van der Waals surface area contributed by atoms with E-state index in [1.54, 1.807) is 20.8 Å². The first-order valence-corrected chi connectivity index (χ1v) is 9.07. The van der Waals surface area contributed by atoms with E-state index in [4.69, 9.17) is 4.74 Å². The van der Waals surface area contributed by atoms with Crippen LogP contribution < -0.4 is 10.0 Å². The summed E-state index contributed by atoms with van der Waals surface area (Å²) in [5.74, 6) is -0.813. The van der Waals surface area contributed by atoms with Crippen LogP contribution in [0, 0.1) is 0 Å². The van der Waals surface area contributed by atoms with Gasteiger partial charge in [0.15, 0.2) is 0 Å². The van der Waals surface area contributed by atoms with Gasteiger partial charge in [0.25, 0.3) is 0 Å². The van der Waals surface area contributed by atoms with Gasteiger partial charge in [0.1, 0.15) is 11.4 Å². The van der Waals surface area contributed by atoms with E-state index in [2.05, 4.69) is 10.0 Å². The summed E-state index contributed by atoms with van der Waals surface area (Å²) in [5.41, 5.74) is -1.94. The molecule has 26 heavy (non-hydrogen) atoms. The van der Waals surface area contributed by atoms with Gasteiger partial charge >= 0.3 is 12.3 Å². The third kappa shape index (κ3) is 7.48. The summed E-state index contributed by atoms with van der Waals surface area (Å²) in [6, 6.07) is 1.58. The maximum absolute atomic E-state index is 12.7. The molecule has 1 aromatic carbocycles. The Labute approximate surface area is 149 Å².